The fraction of sp³-hybridized carbons (Fsp3) is 0.136. The van der Waals surface area contributed by atoms with Crippen molar-refractivity contribution >= 4 is 34.5 Å². The maximum Gasteiger partial charge on any atom is 0.240 e. The summed E-state index contributed by atoms with van der Waals surface area (Å²) in [5.41, 5.74) is 3.92. The van der Waals surface area contributed by atoms with E-state index in [1.807, 2.05) is 42.5 Å². The number of nitrogens with one attached hydrogen (secondary N) is 2. The Morgan fingerprint density at radius 3 is 2.66 bits per heavy atom. The smallest absolute Gasteiger partial charge is 0.240 e. The first-order chi connectivity index (χ1) is 14.2. The molecule has 0 aliphatic carbocycles. The Morgan fingerprint density at radius 2 is 1.72 bits per heavy atom. The zero-order valence-corrected chi connectivity index (χ0v) is 15.6. The van der Waals surface area contributed by atoms with Gasteiger partial charge in [0, 0.05) is 23.9 Å². The molecule has 0 saturated heterocycles. The summed E-state index contributed by atoms with van der Waals surface area (Å²) in [6.45, 7) is 0.202. The fourth-order valence-corrected chi connectivity index (χ4v) is 3.00. The summed E-state index contributed by atoms with van der Waals surface area (Å²) in [4.78, 5) is 24.1. The fourth-order valence-electron chi connectivity index (χ4n) is 3.00. The van der Waals surface area contributed by atoms with Crippen molar-refractivity contribution in [3.05, 3.63) is 66.2 Å². The lowest BCUT2D eigenvalue weighted by atomic mass is 10.1. The Hall–Kier alpha value is -3.87. The number of fused-ring (bicyclic) bond motifs is 2. The molecule has 0 aromatic heterocycles. The van der Waals surface area contributed by atoms with Crippen LogP contribution in [0.25, 0.3) is 10.8 Å². The molecule has 0 atom stereocenters. The summed E-state index contributed by atoms with van der Waals surface area (Å²) in [5.74, 6) is 0.764. The first kappa shape index (κ1) is 18.5. The van der Waals surface area contributed by atoms with Crippen molar-refractivity contribution in [3.8, 4) is 11.5 Å². The Morgan fingerprint density at radius 1 is 0.931 bits per heavy atom. The maximum absolute atomic E-state index is 12.2. The number of hydrogen-bond donors (Lipinski definition) is 2. The van der Waals surface area contributed by atoms with Gasteiger partial charge in [-0.1, -0.05) is 36.4 Å². The van der Waals surface area contributed by atoms with Crippen molar-refractivity contribution < 1.29 is 19.1 Å². The number of ether oxygens (including phenoxy) is 2. The van der Waals surface area contributed by atoms with Crippen LogP contribution in [0.5, 0.6) is 11.5 Å². The molecule has 0 fully saturated rings. The third kappa shape index (κ3) is 4.52. The van der Waals surface area contributed by atoms with Gasteiger partial charge in [0.25, 0.3) is 0 Å². The molecule has 0 bridgehead atoms. The monoisotopic (exact) mass is 389 g/mol. The van der Waals surface area contributed by atoms with Crippen LogP contribution in [0.1, 0.15) is 18.4 Å². The second kappa shape index (κ2) is 8.43. The minimum atomic E-state index is -0.338. The van der Waals surface area contributed by atoms with Gasteiger partial charge in [0.05, 0.1) is 6.21 Å². The van der Waals surface area contributed by atoms with Crippen LogP contribution >= 0.6 is 0 Å². The van der Waals surface area contributed by atoms with Crippen LogP contribution in [0.2, 0.25) is 0 Å². The predicted molar refractivity (Wildman–Crippen MR) is 110 cm³/mol. The van der Waals surface area contributed by atoms with Crippen molar-refractivity contribution in [2.24, 2.45) is 5.10 Å². The highest BCUT2D eigenvalue weighted by atomic mass is 16.7. The van der Waals surface area contributed by atoms with E-state index in [1.54, 1.807) is 18.2 Å². The van der Waals surface area contributed by atoms with Gasteiger partial charge in [0.2, 0.25) is 18.6 Å². The Bertz CT molecular complexity index is 1090. The van der Waals surface area contributed by atoms with Crippen molar-refractivity contribution in [3.63, 3.8) is 0 Å². The van der Waals surface area contributed by atoms with Crippen LogP contribution in [-0.2, 0) is 9.59 Å². The highest BCUT2D eigenvalue weighted by Crippen LogP contribution is 2.32. The van der Waals surface area contributed by atoms with E-state index in [9.17, 15) is 9.59 Å². The van der Waals surface area contributed by atoms with Crippen molar-refractivity contribution in [1.29, 1.82) is 0 Å². The van der Waals surface area contributed by atoms with Crippen molar-refractivity contribution in [2.45, 2.75) is 12.8 Å². The Labute approximate surface area is 167 Å². The molecule has 0 unspecified atom stereocenters. The number of hydrogen-bond acceptors (Lipinski definition) is 5. The van der Waals surface area contributed by atoms with Crippen LogP contribution in [0, 0.1) is 0 Å². The minimum absolute atomic E-state index is 0.0368. The quantitative estimate of drug-likeness (QED) is 0.499. The topological polar surface area (TPSA) is 89.0 Å². The minimum Gasteiger partial charge on any atom is -0.454 e. The summed E-state index contributed by atoms with van der Waals surface area (Å²) in [5, 5.41) is 8.78. The number of rotatable bonds is 6. The number of benzene rings is 3. The maximum atomic E-state index is 12.2. The van der Waals surface area contributed by atoms with E-state index in [0.29, 0.717) is 11.5 Å². The van der Waals surface area contributed by atoms with Gasteiger partial charge in [-0.3, -0.25) is 9.59 Å². The molecular weight excluding hydrogens is 370 g/mol. The van der Waals surface area contributed by atoms with E-state index in [2.05, 4.69) is 15.8 Å². The number of hydrazone groups is 1. The zero-order chi connectivity index (χ0) is 20.1. The number of nitrogens with zero attached hydrogens (tertiary/aromatic N) is 1. The SMILES string of the molecule is O=C(CCC(=O)Nc1cccc2ccccc12)NN=Cc1ccc2c(c1)OCO2. The van der Waals surface area contributed by atoms with E-state index in [-0.39, 0.29) is 31.4 Å². The molecule has 29 heavy (non-hydrogen) atoms. The molecule has 2 N–H and O–H groups in total. The van der Waals surface area contributed by atoms with Gasteiger partial charge in [-0.05, 0) is 35.2 Å². The molecule has 7 nitrogen and oxygen atoms in total. The summed E-state index contributed by atoms with van der Waals surface area (Å²) in [7, 11) is 0. The van der Waals surface area contributed by atoms with Gasteiger partial charge in [-0.2, -0.15) is 5.10 Å². The molecule has 1 aliphatic rings. The van der Waals surface area contributed by atoms with Crippen molar-refractivity contribution in [2.75, 3.05) is 12.1 Å². The number of carbonyl (C=O) groups excluding carboxylic acids is 2. The van der Waals surface area contributed by atoms with Crippen LogP contribution in [0.15, 0.2) is 65.8 Å². The molecule has 0 saturated carbocycles. The Balaban J connectivity index is 1.26. The molecular formula is C22H19N3O4. The highest BCUT2D eigenvalue weighted by Gasteiger charge is 2.12. The molecule has 1 heterocycles. The van der Waals surface area contributed by atoms with Gasteiger partial charge in [0.15, 0.2) is 11.5 Å². The van der Waals surface area contributed by atoms with Gasteiger partial charge < -0.3 is 14.8 Å². The molecule has 3 aromatic rings. The zero-order valence-electron chi connectivity index (χ0n) is 15.6. The second-order valence-electron chi connectivity index (χ2n) is 6.48. The summed E-state index contributed by atoms with van der Waals surface area (Å²) in [6, 6.07) is 18.9. The molecule has 4 rings (SSSR count). The number of carbonyl (C=O) groups is 2. The summed E-state index contributed by atoms with van der Waals surface area (Å²) in [6.07, 6.45) is 1.61. The predicted octanol–water partition coefficient (Wildman–Crippen LogP) is 3.44. The van der Waals surface area contributed by atoms with Crippen LogP contribution < -0.4 is 20.2 Å². The summed E-state index contributed by atoms with van der Waals surface area (Å²) >= 11 is 0. The lowest BCUT2D eigenvalue weighted by molar-refractivity contribution is -0.124. The largest absolute Gasteiger partial charge is 0.454 e. The van der Waals surface area contributed by atoms with Crippen LogP contribution in [0.3, 0.4) is 0 Å². The van der Waals surface area contributed by atoms with Gasteiger partial charge >= 0.3 is 0 Å². The molecule has 2 amide bonds. The molecule has 0 spiro atoms. The van der Waals surface area contributed by atoms with Crippen molar-refractivity contribution in [1.82, 2.24) is 5.43 Å². The third-order valence-electron chi connectivity index (χ3n) is 4.44. The molecule has 0 radical (unpaired) electrons. The third-order valence-corrected chi connectivity index (χ3v) is 4.44. The summed E-state index contributed by atoms with van der Waals surface area (Å²) < 4.78 is 10.5. The average Bonchev–Trinajstić information content (AvgIpc) is 3.20. The Kier molecular flexibility index (Phi) is 5.38. The van der Waals surface area contributed by atoms with E-state index >= 15 is 0 Å². The van der Waals surface area contributed by atoms with Crippen LogP contribution in [0.4, 0.5) is 5.69 Å². The van der Waals surface area contributed by atoms with Crippen LogP contribution in [-0.4, -0.2) is 24.8 Å². The molecule has 3 aromatic carbocycles. The van der Waals surface area contributed by atoms with Gasteiger partial charge in [-0.15, -0.1) is 0 Å². The normalized spacial score (nSPS) is 12.3. The highest BCUT2D eigenvalue weighted by molar-refractivity contribution is 6.02. The molecule has 7 heteroatoms. The van der Waals surface area contributed by atoms with E-state index in [1.165, 1.54) is 6.21 Å². The standard InChI is InChI=1S/C22H19N3O4/c26-21(24-18-7-3-5-16-4-1-2-6-17(16)18)10-11-22(27)25-23-13-15-8-9-19-20(12-15)29-14-28-19/h1-9,12-13H,10-11,14H2,(H,24,26)(H,25,27). The van der Waals surface area contributed by atoms with Gasteiger partial charge in [0.1, 0.15) is 0 Å². The lowest BCUT2D eigenvalue weighted by Gasteiger charge is -2.08. The van der Waals surface area contributed by atoms with E-state index in [0.717, 1.165) is 22.0 Å². The second-order valence-corrected chi connectivity index (χ2v) is 6.48. The number of amides is 2. The average molecular weight is 389 g/mol. The van der Waals surface area contributed by atoms with E-state index < -0.39 is 0 Å². The van der Waals surface area contributed by atoms with E-state index in [4.69, 9.17) is 9.47 Å². The van der Waals surface area contributed by atoms with Gasteiger partial charge in [-0.25, -0.2) is 5.43 Å². The first-order valence-electron chi connectivity index (χ1n) is 9.18. The first-order valence-corrected chi connectivity index (χ1v) is 9.18. The number of anilines is 1. The molecule has 146 valence electrons. The lowest BCUT2D eigenvalue weighted by Crippen LogP contribution is -2.20. The molecule has 1 aliphatic heterocycles.